The maximum Gasteiger partial charge on any atom is 0.251 e. The Kier molecular flexibility index (Phi) is 3.34. The van der Waals surface area contributed by atoms with Gasteiger partial charge in [-0.15, -0.1) is 0 Å². The number of nitrogens with zero attached hydrogens (tertiary/aromatic N) is 2. The van der Waals surface area contributed by atoms with E-state index in [0.717, 1.165) is 28.2 Å². The van der Waals surface area contributed by atoms with Crippen LogP contribution in [0, 0.1) is 20.8 Å². The number of aromatic amines is 1. The Balaban J connectivity index is 2.24. The Morgan fingerprint density at radius 2 is 2.17 bits per heavy atom. The molecule has 3 N–H and O–H groups in total. The first-order valence-corrected chi connectivity index (χ1v) is 5.95. The average molecular weight is 246 g/mol. The van der Waals surface area contributed by atoms with Gasteiger partial charge in [0, 0.05) is 29.7 Å². The number of H-pyrrole nitrogens is 1. The summed E-state index contributed by atoms with van der Waals surface area (Å²) in [6.07, 6.45) is 2.19. The Morgan fingerprint density at radius 3 is 2.67 bits per heavy atom. The molecule has 0 spiro atoms. The molecule has 5 heteroatoms. The van der Waals surface area contributed by atoms with Gasteiger partial charge in [-0.1, -0.05) is 0 Å². The molecule has 96 valence electrons. The lowest BCUT2D eigenvalue weighted by atomic mass is 10.2. The SMILES string of the molecule is Cc1cc(CC(=O)n2nc(C)c(CN)c2C)c[nH]1. The zero-order chi connectivity index (χ0) is 13.3. The van der Waals surface area contributed by atoms with E-state index in [1.807, 2.05) is 33.0 Å². The molecule has 0 saturated heterocycles. The van der Waals surface area contributed by atoms with Gasteiger partial charge in [-0.2, -0.15) is 5.10 Å². The van der Waals surface area contributed by atoms with Gasteiger partial charge in [-0.25, -0.2) is 4.68 Å². The van der Waals surface area contributed by atoms with Crippen molar-refractivity contribution in [2.24, 2.45) is 5.73 Å². The molecule has 0 aliphatic rings. The Bertz CT molecular complexity index is 580. The van der Waals surface area contributed by atoms with Crippen molar-refractivity contribution in [1.82, 2.24) is 14.8 Å². The number of carbonyl (C=O) groups is 1. The van der Waals surface area contributed by atoms with Crippen molar-refractivity contribution >= 4 is 5.91 Å². The number of rotatable bonds is 3. The van der Waals surface area contributed by atoms with Crippen LogP contribution in [0.25, 0.3) is 0 Å². The van der Waals surface area contributed by atoms with Gasteiger partial charge in [0.05, 0.1) is 12.1 Å². The molecule has 18 heavy (non-hydrogen) atoms. The summed E-state index contributed by atoms with van der Waals surface area (Å²) in [6.45, 7) is 6.12. The number of carbonyl (C=O) groups excluding carboxylic acids is 1. The van der Waals surface area contributed by atoms with Crippen LogP contribution in [0.5, 0.6) is 0 Å². The summed E-state index contributed by atoms with van der Waals surface area (Å²) in [5, 5.41) is 4.26. The van der Waals surface area contributed by atoms with Crippen LogP contribution in [-0.2, 0) is 13.0 Å². The van der Waals surface area contributed by atoms with Crippen molar-refractivity contribution in [1.29, 1.82) is 0 Å². The standard InChI is InChI=1S/C13H18N4O/c1-8-4-11(7-15-8)5-13(18)17-10(3)12(6-14)9(2)16-17/h4,7,15H,5-6,14H2,1-3H3. The normalized spacial score (nSPS) is 10.9. The van der Waals surface area contributed by atoms with Crippen LogP contribution in [0.3, 0.4) is 0 Å². The lowest BCUT2D eigenvalue weighted by Crippen LogP contribution is -2.16. The molecule has 2 rings (SSSR count). The van der Waals surface area contributed by atoms with Gasteiger partial charge in [0.1, 0.15) is 0 Å². The molecule has 0 aliphatic heterocycles. The van der Waals surface area contributed by atoms with Gasteiger partial charge in [-0.05, 0) is 32.4 Å². The maximum absolute atomic E-state index is 12.2. The van der Waals surface area contributed by atoms with Gasteiger partial charge in [0.25, 0.3) is 5.91 Å². The molecule has 0 radical (unpaired) electrons. The highest BCUT2D eigenvalue weighted by Crippen LogP contribution is 2.13. The first kappa shape index (κ1) is 12.6. The third kappa shape index (κ3) is 2.22. The molecule has 2 heterocycles. The van der Waals surface area contributed by atoms with Crippen molar-refractivity contribution in [2.45, 2.75) is 33.7 Å². The predicted molar refractivity (Wildman–Crippen MR) is 69.5 cm³/mol. The molecule has 0 atom stereocenters. The van der Waals surface area contributed by atoms with E-state index in [1.165, 1.54) is 4.68 Å². The minimum absolute atomic E-state index is 0.0331. The van der Waals surface area contributed by atoms with Crippen molar-refractivity contribution in [3.63, 3.8) is 0 Å². The molecular weight excluding hydrogens is 228 g/mol. The summed E-state index contributed by atoms with van der Waals surface area (Å²) >= 11 is 0. The molecule has 0 amide bonds. The fourth-order valence-corrected chi connectivity index (χ4v) is 2.13. The summed E-state index contributed by atoms with van der Waals surface area (Å²) in [6, 6.07) is 1.97. The monoisotopic (exact) mass is 246 g/mol. The van der Waals surface area contributed by atoms with E-state index in [-0.39, 0.29) is 5.91 Å². The third-order valence-corrected chi connectivity index (χ3v) is 3.12. The number of aromatic nitrogens is 3. The van der Waals surface area contributed by atoms with E-state index < -0.39 is 0 Å². The van der Waals surface area contributed by atoms with Crippen molar-refractivity contribution in [3.05, 3.63) is 40.5 Å². The van der Waals surface area contributed by atoms with Crippen LogP contribution in [0.1, 0.15) is 33.0 Å². The van der Waals surface area contributed by atoms with Gasteiger partial charge >= 0.3 is 0 Å². The zero-order valence-electron chi connectivity index (χ0n) is 10.9. The van der Waals surface area contributed by atoms with Gasteiger partial charge < -0.3 is 10.7 Å². The molecule has 0 aliphatic carbocycles. The van der Waals surface area contributed by atoms with E-state index in [4.69, 9.17) is 5.73 Å². The van der Waals surface area contributed by atoms with Crippen LogP contribution in [0.2, 0.25) is 0 Å². The van der Waals surface area contributed by atoms with E-state index in [0.29, 0.717) is 13.0 Å². The van der Waals surface area contributed by atoms with Crippen LogP contribution < -0.4 is 5.73 Å². The second-order valence-corrected chi connectivity index (χ2v) is 4.53. The zero-order valence-corrected chi connectivity index (χ0v) is 10.9. The summed E-state index contributed by atoms with van der Waals surface area (Å²) in [4.78, 5) is 15.2. The van der Waals surface area contributed by atoms with Crippen molar-refractivity contribution in [3.8, 4) is 0 Å². The molecule has 0 aromatic carbocycles. The lowest BCUT2D eigenvalue weighted by molar-refractivity contribution is 0.0895. The van der Waals surface area contributed by atoms with Crippen LogP contribution in [0.4, 0.5) is 0 Å². The highest BCUT2D eigenvalue weighted by Gasteiger charge is 2.16. The molecular formula is C13H18N4O. The molecule has 2 aromatic rings. The Morgan fingerprint density at radius 1 is 1.44 bits per heavy atom. The molecule has 0 bridgehead atoms. The summed E-state index contributed by atoms with van der Waals surface area (Å²) in [5.41, 5.74) is 10.3. The number of hydrogen-bond donors (Lipinski definition) is 2. The second-order valence-electron chi connectivity index (χ2n) is 4.53. The highest BCUT2D eigenvalue weighted by atomic mass is 16.2. The van der Waals surface area contributed by atoms with Crippen molar-refractivity contribution < 1.29 is 4.79 Å². The van der Waals surface area contributed by atoms with Crippen LogP contribution >= 0.6 is 0 Å². The molecule has 0 unspecified atom stereocenters. The van der Waals surface area contributed by atoms with Gasteiger partial charge in [0.2, 0.25) is 0 Å². The summed E-state index contributed by atoms with van der Waals surface area (Å²) in [7, 11) is 0. The minimum atomic E-state index is -0.0331. The largest absolute Gasteiger partial charge is 0.365 e. The number of nitrogens with one attached hydrogen (secondary N) is 1. The van der Waals surface area contributed by atoms with Gasteiger partial charge in [-0.3, -0.25) is 4.79 Å². The highest BCUT2D eigenvalue weighted by molar-refractivity contribution is 5.81. The van der Waals surface area contributed by atoms with E-state index in [1.54, 1.807) is 0 Å². The molecule has 0 saturated carbocycles. The summed E-state index contributed by atoms with van der Waals surface area (Å²) < 4.78 is 1.46. The fraction of sp³-hybridized carbons (Fsp3) is 0.385. The van der Waals surface area contributed by atoms with Crippen LogP contribution in [-0.4, -0.2) is 20.7 Å². The smallest absolute Gasteiger partial charge is 0.251 e. The van der Waals surface area contributed by atoms with Crippen molar-refractivity contribution in [2.75, 3.05) is 0 Å². The van der Waals surface area contributed by atoms with E-state index >= 15 is 0 Å². The summed E-state index contributed by atoms with van der Waals surface area (Å²) in [5.74, 6) is -0.0331. The topological polar surface area (TPSA) is 76.7 Å². The quantitative estimate of drug-likeness (QED) is 0.861. The van der Waals surface area contributed by atoms with E-state index in [2.05, 4.69) is 10.1 Å². The number of aryl methyl sites for hydroxylation is 2. The minimum Gasteiger partial charge on any atom is -0.365 e. The van der Waals surface area contributed by atoms with E-state index in [9.17, 15) is 4.79 Å². The number of nitrogens with two attached hydrogens (primary N) is 1. The first-order valence-electron chi connectivity index (χ1n) is 5.95. The molecule has 0 fully saturated rings. The maximum atomic E-state index is 12.2. The van der Waals surface area contributed by atoms with Gasteiger partial charge in [0.15, 0.2) is 0 Å². The fourth-order valence-electron chi connectivity index (χ4n) is 2.13. The number of hydrogen-bond acceptors (Lipinski definition) is 3. The average Bonchev–Trinajstić information content (AvgIpc) is 2.83. The molecule has 5 nitrogen and oxygen atoms in total. The molecule has 2 aromatic heterocycles. The predicted octanol–water partition coefficient (Wildman–Crippen LogP) is 1.48. The Hall–Kier alpha value is -1.88. The Labute approximate surface area is 106 Å². The second kappa shape index (κ2) is 4.78. The lowest BCUT2D eigenvalue weighted by Gasteiger charge is -2.02. The van der Waals surface area contributed by atoms with Crippen LogP contribution in [0.15, 0.2) is 12.3 Å². The third-order valence-electron chi connectivity index (χ3n) is 3.12. The first-order chi connectivity index (χ1) is 8.52.